The fourth-order valence-electron chi connectivity index (χ4n) is 2.38. The van der Waals surface area contributed by atoms with Gasteiger partial charge in [0.15, 0.2) is 6.10 Å². The third kappa shape index (κ3) is 4.32. The summed E-state index contributed by atoms with van der Waals surface area (Å²) in [6.45, 7) is 7.36. The highest BCUT2D eigenvalue weighted by Gasteiger charge is 2.20. The molecule has 0 aliphatic rings. The van der Waals surface area contributed by atoms with Crippen LogP contribution in [0.5, 0.6) is 0 Å². The lowest BCUT2D eigenvalue weighted by Crippen LogP contribution is -2.30. The van der Waals surface area contributed by atoms with E-state index < -0.39 is 12.1 Å². The molecule has 2 rings (SSSR count). The number of anilines is 1. The van der Waals surface area contributed by atoms with Gasteiger partial charge in [-0.25, -0.2) is 9.78 Å². The Labute approximate surface area is 146 Å². The number of aryl methyl sites for hydroxylation is 3. The number of nitrogens with zero attached hydrogens (tertiary/aromatic N) is 1. The largest absolute Gasteiger partial charge is 0.449 e. The van der Waals surface area contributed by atoms with Crippen LogP contribution in [0, 0.1) is 20.8 Å². The molecule has 1 N–H and O–H groups in total. The summed E-state index contributed by atoms with van der Waals surface area (Å²) >= 11 is 5.68. The molecule has 0 saturated carbocycles. The number of amides is 1. The molecule has 1 amide bonds. The summed E-state index contributed by atoms with van der Waals surface area (Å²) in [7, 11) is 0. The van der Waals surface area contributed by atoms with Gasteiger partial charge in [0.2, 0.25) is 0 Å². The van der Waals surface area contributed by atoms with Gasteiger partial charge in [0.25, 0.3) is 5.91 Å². The molecule has 2 aromatic rings. The lowest BCUT2D eigenvalue weighted by atomic mass is 10.0. The molecular weight excluding hydrogens is 328 g/mol. The van der Waals surface area contributed by atoms with E-state index in [1.54, 1.807) is 0 Å². The van der Waals surface area contributed by atoms with Crippen LogP contribution in [0.25, 0.3) is 0 Å². The molecule has 0 fully saturated rings. The second-order valence-corrected chi connectivity index (χ2v) is 6.07. The van der Waals surface area contributed by atoms with Crippen LogP contribution in [0.1, 0.15) is 34.0 Å². The number of nitrogens with one attached hydrogen (secondary N) is 1. The number of hydrogen-bond donors (Lipinski definition) is 1. The maximum atomic E-state index is 12.3. The Morgan fingerprint density at radius 3 is 2.33 bits per heavy atom. The second-order valence-electron chi connectivity index (χ2n) is 5.68. The molecule has 1 heterocycles. The number of carbonyl (C=O) groups excluding carboxylic acids is 2. The number of esters is 1. The van der Waals surface area contributed by atoms with Gasteiger partial charge in [-0.3, -0.25) is 4.79 Å². The van der Waals surface area contributed by atoms with Crippen molar-refractivity contribution in [3.63, 3.8) is 0 Å². The summed E-state index contributed by atoms with van der Waals surface area (Å²) in [5.74, 6) is -1.01. The Hall–Kier alpha value is -2.40. The second kappa shape index (κ2) is 7.45. The minimum absolute atomic E-state index is 0.238. The fraction of sp³-hybridized carbons (Fsp3) is 0.278. The van der Waals surface area contributed by atoms with Crippen LogP contribution in [0.2, 0.25) is 5.15 Å². The summed E-state index contributed by atoms with van der Waals surface area (Å²) in [5.41, 5.74) is 4.02. The van der Waals surface area contributed by atoms with Gasteiger partial charge in [-0.05, 0) is 51.0 Å². The van der Waals surface area contributed by atoms with Gasteiger partial charge in [0, 0.05) is 11.9 Å². The molecule has 1 aromatic heterocycles. The van der Waals surface area contributed by atoms with Crippen LogP contribution in [0.4, 0.5) is 5.69 Å². The van der Waals surface area contributed by atoms with E-state index in [4.69, 9.17) is 16.3 Å². The zero-order chi connectivity index (χ0) is 17.9. The molecule has 126 valence electrons. The first-order valence-corrected chi connectivity index (χ1v) is 7.87. The van der Waals surface area contributed by atoms with Crippen LogP contribution in [0.3, 0.4) is 0 Å². The first-order valence-electron chi connectivity index (χ1n) is 7.49. The number of ether oxygens (including phenoxy) is 1. The van der Waals surface area contributed by atoms with E-state index in [1.165, 1.54) is 25.3 Å². The van der Waals surface area contributed by atoms with Crippen LogP contribution >= 0.6 is 11.6 Å². The molecule has 0 aliphatic heterocycles. The molecule has 0 spiro atoms. The van der Waals surface area contributed by atoms with Crippen molar-refractivity contribution in [3.8, 4) is 0 Å². The van der Waals surface area contributed by atoms with Gasteiger partial charge >= 0.3 is 5.97 Å². The average Bonchev–Trinajstić information content (AvgIpc) is 2.51. The van der Waals surface area contributed by atoms with Gasteiger partial charge in [-0.15, -0.1) is 0 Å². The predicted octanol–water partition coefficient (Wildman–Crippen LogP) is 3.84. The van der Waals surface area contributed by atoms with E-state index in [1.807, 2.05) is 32.9 Å². The summed E-state index contributed by atoms with van der Waals surface area (Å²) in [5, 5.41) is 3.10. The minimum atomic E-state index is -0.937. The fourth-order valence-corrected chi connectivity index (χ4v) is 2.49. The number of hydrogen-bond acceptors (Lipinski definition) is 4. The quantitative estimate of drug-likeness (QED) is 0.674. The standard InChI is InChI=1S/C18H19ClN2O3/c1-10-7-11(2)16(12(3)8-10)21-17(22)13(4)24-18(23)14-5-6-15(19)20-9-14/h5-9,13H,1-4H3,(H,21,22)/t13-/m0/s1. The third-order valence-electron chi connectivity index (χ3n) is 3.54. The van der Waals surface area contributed by atoms with Gasteiger partial charge in [-0.2, -0.15) is 0 Å². The first kappa shape index (κ1) is 17.9. The SMILES string of the molecule is Cc1cc(C)c(NC(=O)[C@H](C)OC(=O)c2ccc(Cl)nc2)c(C)c1. The zero-order valence-electron chi connectivity index (χ0n) is 14.0. The number of rotatable bonds is 4. The molecule has 24 heavy (non-hydrogen) atoms. The summed E-state index contributed by atoms with van der Waals surface area (Å²) < 4.78 is 5.18. The van der Waals surface area contributed by atoms with Crippen molar-refractivity contribution in [1.82, 2.24) is 4.98 Å². The van der Waals surface area contributed by atoms with Crippen molar-refractivity contribution in [2.75, 3.05) is 5.32 Å². The lowest BCUT2D eigenvalue weighted by Gasteiger charge is -2.16. The molecule has 1 aromatic carbocycles. The number of carbonyl (C=O) groups is 2. The molecule has 1 atom stereocenters. The van der Waals surface area contributed by atoms with Crippen molar-refractivity contribution < 1.29 is 14.3 Å². The minimum Gasteiger partial charge on any atom is -0.449 e. The Morgan fingerprint density at radius 1 is 1.17 bits per heavy atom. The molecule has 0 bridgehead atoms. The molecule has 0 unspecified atom stereocenters. The van der Waals surface area contributed by atoms with E-state index in [0.717, 1.165) is 22.4 Å². The Bertz CT molecular complexity index is 749. The number of pyridine rings is 1. The van der Waals surface area contributed by atoms with E-state index >= 15 is 0 Å². The molecule has 0 aliphatic carbocycles. The van der Waals surface area contributed by atoms with Gasteiger partial charge in [-0.1, -0.05) is 29.3 Å². The van der Waals surface area contributed by atoms with E-state index in [0.29, 0.717) is 0 Å². The maximum Gasteiger partial charge on any atom is 0.340 e. The third-order valence-corrected chi connectivity index (χ3v) is 3.76. The zero-order valence-corrected chi connectivity index (χ0v) is 14.8. The smallest absolute Gasteiger partial charge is 0.340 e. The van der Waals surface area contributed by atoms with Crippen molar-refractivity contribution >= 4 is 29.2 Å². The predicted molar refractivity (Wildman–Crippen MR) is 93.4 cm³/mol. The topological polar surface area (TPSA) is 68.3 Å². The molecule has 0 saturated heterocycles. The maximum absolute atomic E-state index is 12.3. The van der Waals surface area contributed by atoms with Crippen molar-refractivity contribution in [3.05, 3.63) is 57.9 Å². The van der Waals surface area contributed by atoms with Crippen LogP contribution in [-0.4, -0.2) is 23.0 Å². The van der Waals surface area contributed by atoms with Gasteiger partial charge < -0.3 is 10.1 Å². The van der Waals surface area contributed by atoms with Crippen molar-refractivity contribution in [2.45, 2.75) is 33.8 Å². The summed E-state index contributed by atoms with van der Waals surface area (Å²) in [6, 6.07) is 6.95. The van der Waals surface area contributed by atoms with Crippen molar-refractivity contribution in [2.24, 2.45) is 0 Å². The molecule has 5 nitrogen and oxygen atoms in total. The molecule has 0 radical (unpaired) electrons. The van der Waals surface area contributed by atoms with Crippen LogP contribution in [-0.2, 0) is 9.53 Å². The monoisotopic (exact) mass is 346 g/mol. The molecule has 6 heteroatoms. The number of aromatic nitrogens is 1. The highest BCUT2D eigenvalue weighted by molar-refractivity contribution is 6.29. The number of benzene rings is 1. The molecular formula is C18H19ClN2O3. The Kier molecular flexibility index (Phi) is 5.57. The lowest BCUT2D eigenvalue weighted by molar-refractivity contribution is -0.123. The Morgan fingerprint density at radius 2 is 1.79 bits per heavy atom. The van der Waals surface area contributed by atoms with E-state index in [9.17, 15) is 9.59 Å². The summed E-state index contributed by atoms with van der Waals surface area (Å²) in [6.07, 6.45) is 0.372. The van der Waals surface area contributed by atoms with E-state index in [2.05, 4.69) is 10.3 Å². The van der Waals surface area contributed by atoms with Gasteiger partial charge in [0.05, 0.1) is 5.56 Å². The first-order chi connectivity index (χ1) is 11.3. The Balaban J connectivity index is 2.05. The normalized spacial score (nSPS) is 11.7. The van der Waals surface area contributed by atoms with Crippen molar-refractivity contribution in [1.29, 1.82) is 0 Å². The van der Waals surface area contributed by atoms with Crippen LogP contribution in [0.15, 0.2) is 30.5 Å². The highest BCUT2D eigenvalue weighted by Crippen LogP contribution is 2.22. The summed E-state index contributed by atoms with van der Waals surface area (Å²) in [4.78, 5) is 28.1. The van der Waals surface area contributed by atoms with E-state index in [-0.39, 0.29) is 16.6 Å². The average molecular weight is 347 g/mol. The number of halogens is 1. The van der Waals surface area contributed by atoms with Crippen LogP contribution < -0.4 is 5.32 Å². The van der Waals surface area contributed by atoms with Gasteiger partial charge in [0.1, 0.15) is 5.15 Å². The highest BCUT2D eigenvalue weighted by atomic mass is 35.5.